The van der Waals surface area contributed by atoms with E-state index in [1.807, 2.05) is 55.5 Å². The van der Waals surface area contributed by atoms with Crippen molar-refractivity contribution in [2.75, 3.05) is 0 Å². The van der Waals surface area contributed by atoms with Crippen molar-refractivity contribution in [3.63, 3.8) is 0 Å². The van der Waals surface area contributed by atoms with Gasteiger partial charge in [-0.15, -0.1) is 5.10 Å². The fraction of sp³-hybridized carbons (Fsp3) is 0.222. The first-order valence-corrected chi connectivity index (χ1v) is 7.32. The molecular weight excluding hydrogens is 276 g/mol. The predicted octanol–water partition coefficient (Wildman–Crippen LogP) is 3.92. The summed E-state index contributed by atoms with van der Waals surface area (Å²) < 4.78 is 6.56. The van der Waals surface area contributed by atoms with E-state index in [0.29, 0.717) is 17.5 Å². The van der Waals surface area contributed by atoms with Gasteiger partial charge in [-0.1, -0.05) is 43.7 Å². The molecule has 0 N–H and O–H groups in total. The summed E-state index contributed by atoms with van der Waals surface area (Å²) in [6, 6.07) is 15.5. The van der Waals surface area contributed by atoms with E-state index in [0.717, 1.165) is 11.1 Å². The van der Waals surface area contributed by atoms with Gasteiger partial charge in [-0.2, -0.15) is 4.68 Å². The van der Waals surface area contributed by atoms with Crippen LogP contribution in [0.4, 0.5) is 0 Å². The lowest BCUT2D eigenvalue weighted by atomic mass is 10.0. The van der Waals surface area contributed by atoms with E-state index in [4.69, 9.17) is 4.42 Å². The molecule has 3 rings (SSSR count). The topological polar surface area (TPSA) is 48.0 Å². The van der Waals surface area contributed by atoms with Crippen LogP contribution in [0.25, 0.3) is 17.1 Å². The van der Waals surface area contributed by atoms with Crippen molar-refractivity contribution < 1.29 is 4.42 Å². The molecule has 0 unspecified atom stereocenters. The molecule has 1 heterocycles. The van der Waals surface area contributed by atoms with Crippen molar-refractivity contribution >= 4 is 0 Å². The Kier molecular flexibility index (Phi) is 3.67. The second-order valence-corrected chi connectivity index (χ2v) is 5.70. The molecule has 0 spiro atoms. The van der Waals surface area contributed by atoms with Gasteiger partial charge in [-0.25, -0.2) is 4.79 Å². The summed E-state index contributed by atoms with van der Waals surface area (Å²) in [5, 5.41) is 4.29. The normalized spacial score (nSPS) is 11.1. The van der Waals surface area contributed by atoms with Gasteiger partial charge in [0.1, 0.15) is 0 Å². The van der Waals surface area contributed by atoms with Gasteiger partial charge in [0.05, 0.1) is 5.69 Å². The molecule has 0 radical (unpaired) electrons. The summed E-state index contributed by atoms with van der Waals surface area (Å²) in [4.78, 5) is 12.0. The van der Waals surface area contributed by atoms with Gasteiger partial charge in [0, 0.05) is 5.56 Å². The first kappa shape index (κ1) is 14.3. The molecule has 0 atom stereocenters. The summed E-state index contributed by atoms with van der Waals surface area (Å²) in [5.41, 5.74) is 3.87. The van der Waals surface area contributed by atoms with E-state index in [9.17, 15) is 4.79 Å². The molecule has 22 heavy (non-hydrogen) atoms. The third kappa shape index (κ3) is 2.72. The number of hydrogen-bond acceptors (Lipinski definition) is 3. The molecule has 0 saturated carbocycles. The van der Waals surface area contributed by atoms with Gasteiger partial charge in [0.15, 0.2) is 0 Å². The number of hydrogen-bond donors (Lipinski definition) is 0. The number of rotatable bonds is 3. The smallest absolute Gasteiger partial charge is 0.387 e. The van der Waals surface area contributed by atoms with Crippen LogP contribution in [0, 0.1) is 6.92 Å². The predicted molar refractivity (Wildman–Crippen MR) is 86.4 cm³/mol. The minimum absolute atomic E-state index is 0.331. The minimum Gasteiger partial charge on any atom is -0.387 e. The van der Waals surface area contributed by atoms with Crippen molar-refractivity contribution in [2.45, 2.75) is 26.7 Å². The highest BCUT2D eigenvalue weighted by molar-refractivity contribution is 5.53. The largest absolute Gasteiger partial charge is 0.442 e. The van der Waals surface area contributed by atoms with Gasteiger partial charge < -0.3 is 4.42 Å². The van der Waals surface area contributed by atoms with Crippen LogP contribution in [0.1, 0.15) is 30.9 Å². The molecule has 0 aliphatic carbocycles. The van der Waals surface area contributed by atoms with Crippen molar-refractivity contribution in [3.8, 4) is 17.1 Å². The van der Waals surface area contributed by atoms with Crippen molar-refractivity contribution in [1.29, 1.82) is 0 Å². The number of aryl methyl sites for hydroxylation is 1. The third-order valence-electron chi connectivity index (χ3n) is 3.65. The average Bonchev–Trinajstić information content (AvgIpc) is 2.90. The molecule has 0 aliphatic rings. The summed E-state index contributed by atoms with van der Waals surface area (Å²) in [7, 11) is 0. The summed E-state index contributed by atoms with van der Waals surface area (Å²) in [6.07, 6.45) is 0. The molecule has 0 aliphatic heterocycles. The monoisotopic (exact) mass is 294 g/mol. The van der Waals surface area contributed by atoms with Crippen molar-refractivity contribution in [1.82, 2.24) is 9.78 Å². The maximum absolute atomic E-state index is 12.0. The van der Waals surface area contributed by atoms with Gasteiger partial charge in [0.2, 0.25) is 5.89 Å². The second kappa shape index (κ2) is 5.64. The van der Waals surface area contributed by atoms with E-state index in [2.05, 4.69) is 18.9 Å². The number of benzene rings is 2. The van der Waals surface area contributed by atoms with Crippen LogP contribution >= 0.6 is 0 Å². The number of aromatic nitrogens is 2. The minimum atomic E-state index is -0.479. The molecule has 1 aromatic heterocycles. The maximum Gasteiger partial charge on any atom is 0.442 e. The van der Waals surface area contributed by atoms with Crippen LogP contribution in [-0.4, -0.2) is 9.78 Å². The Morgan fingerprint density at radius 2 is 1.64 bits per heavy atom. The lowest BCUT2D eigenvalue weighted by molar-refractivity contribution is 0.516. The Morgan fingerprint density at radius 3 is 2.23 bits per heavy atom. The third-order valence-corrected chi connectivity index (χ3v) is 3.65. The molecular formula is C18H18N2O2. The van der Waals surface area contributed by atoms with E-state index in [1.165, 1.54) is 10.2 Å². The molecule has 0 saturated heterocycles. The Hall–Kier alpha value is -2.62. The van der Waals surface area contributed by atoms with Crippen LogP contribution in [0.5, 0.6) is 0 Å². The molecule has 0 fully saturated rings. The quantitative estimate of drug-likeness (QED) is 0.735. The Morgan fingerprint density at radius 1 is 1.00 bits per heavy atom. The first-order valence-electron chi connectivity index (χ1n) is 7.32. The number of nitrogens with zero attached hydrogens (tertiary/aromatic N) is 2. The van der Waals surface area contributed by atoms with Gasteiger partial charge >= 0.3 is 5.76 Å². The molecule has 4 nitrogen and oxygen atoms in total. The highest BCUT2D eigenvalue weighted by Gasteiger charge is 2.12. The first-order chi connectivity index (χ1) is 10.5. The molecule has 0 bridgehead atoms. The SMILES string of the molecule is Cc1ccc(-c2nn(-c3ccc(C(C)C)cc3)c(=O)o2)cc1. The molecule has 0 amide bonds. The highest BCUT2D eigenvalue weighted by Crippen LogP contribution is 2.19. The summed E-state index contributed by atoms with van der Waals surface area (Å²) in [6.45, 7) is 6.27. The van der Waals surface area contributed by atoms with Gasteiger partial charge in [0.25, 0.3) is 0 Å². The average molecular weight is 294 g/mol. The Bertz CT molecular complexity index is 825. The standard InChI is InChI=1S/C18H18N2O2/c1-12(2)14-8-10-16(11-9-14)20-18(21)22-17(19-20)15-6-4-13(3)5-7-15/h4-12H,1-3H3. The summed E-state index contributed by atoms with van der Waals surface area (Å²) >= 11 is 0. The van der Waals surface area contributed by atoms with Crippen LogP contribution in [-0.2, 0) is 0 Å². The van der Waals surface area contributed by atoms with Crippen LogP contribution < -0.4 is 5.76 Å². The molecule has 4 heteroatoms. The summed E-state index contributed by atoms with van der Waals surface area (Å²) in [5.74, 6) is 0.303. The van der Waals surface area contributed by atoms with Gasteiger partial charge in [-0.3, -0.25) is 0 Å². The van der Waals surface area contributed by atoms with Gasteiger partial charge in [-0.05, 0) is 42.7 Å². The van der Waals surface area contributed by atoms with E-state index >= 15 is 0 Å². The van der Waals surface area contributed by atoms with Crippen molar-refractivity contribution in [3.05, 3.63) is 70.2 Å². The fourth-order valence-electron chi connectivity index (χ4n) is 2.25. The molecule has 112 valence electrons. The van der Waals surface area contributed by atoms with Crippen LogP contribution in [0.15, 0.2) is 57.7 Å². The molecule has 2 aromatic carbocycles. The second-order valence-electron chi connectivity index (χ2n) is 5.70. The lowest BCUT2D eigenvalue weighted by Crippen LogP contribution is -2.13. The van der Waals surface area contributed by atoms with Crippen LogP contribution in [0.3, 0.4) is 0 Å². The zero-order valence-corrected chi connectivity index (χ0v) is 12.9. The Balaban J connectivity index is 1.98. The van der Waals surface area contributed by atoms with E-state index in [1.54, 1.807) is 0 Å². The van der Waals surface area contributed by atoms with E-state index in [-0.39, 0.29) is 0 Å². The Labute approximate surface area is 129 Å². The van der Waals surface area contributed by atoms with Crippen molar-refractivity contribution in [2.24, 2.45) is 0 Å². The fourth-order valence-corrected chi connectivity index (χ4v) is 2.25. The van der Waals surface area contributed by atoms with Crippen LogP contribution in [0.2, 0.25) is 0 Å². The highest BCUT2D eigenvalue weighted by atomic mass is 16.4. The zero-order chi connectivity index (χ0) is 15.7. The lowest BCUT2D eigenvalue weighted by Gasteiger charge is -2.05. The maximum atomic E-state index is 12.0. The van der Waals surface area contributed by atoms with E-state index < -0.39 is 5.76 Å². The zero-order valence-electron chi connectivity index (χ0n) is 12.9. The molecule has 3 aromatic rings.